The first kappa shape index (κ1) is 21.0. The monoisotopic (exact) mass is 460 g/mol. The molecule has 4 aromatic rings. The second-order valence-electron chi connectivity index (χ2n) is 6.72. The maximum atomic E-state index is 13.5. The molecular weight excluding hydrogens is 446 g/mol. The van der Waals surface area contributed by atoms with Crippen LogP contribution in [-0.4, -0.2) is 9.72 Å². The number of nitrogens with one attached hydrogen (secondary N) is 1. The van der Waals surface area contributed by atoms with Crippen molar-refractivity contribution in [3.05, 3.63) is 109 Å². The van der Waals surface area contributed by atoms with E-state index in [2.05, 4.69) is 0 Å². The van der Waals surface area contributed by atoms with Crippen molar-refractivity contribution in [2.75, 3.05) is 0 Å². The summed E-state index contributed by atoms with van der Waals surface area (Å²) < 4.78 is 25.0. The summed E-state index contributed by atoms with van der Waals surface area (Å²) in [5, 5.41) is 0.465. The molecule has 0 amide bonds. The first-order valence-electron chi connectivity index (χ1n) is 9.15. The normalized spacial score (nSPS) is 10.9. The van der Waals surface area contributed by atoms with Gasteiger partial charge in [-0.2, -0.15) is 0 Å². The Balaban J connectivity index is 1.45. The molecule has 0 radical (unpaired) electrons. The predicted molar refractivity (Wildman–Crippen MR) is 115 cm³/mol. The van der Waals surface area contributed by atoms with E-state index in [1.165, 1.54) is 12.1 Å². The lowest BCUT2D eigenvalue weighted by atomic mass is 10.0. The van der Waals surface area contributed by atoms with Crippen LogP contribution in [0.2, 0.25) is 10.0 Å². The SMILES string of the molecule is O=c1[nH]c(=O)n(Cc2ccc(OCc3cccc(-c4c(Cl)cc(F)cc4Cl)c3)cc2)o1. The van der Waals surface area contributed by atoms with Crippen LogP contribution in [-0.2, 0) is 13.2 Å². The minimum Gasteiger partial charge on any atom is -0.489 e. The molecule has 0 saturated heterocycles. The largest absolute Gasteiger partial charge is 0.489 e. The summed E-state index contributed by atoms with van der Waals surface area (Å²) in [6, 6.07) is 16.9. The van der Waals surface area contributed by atoms with E-state index >= 15 is 0 Å². The Hall–Kier alpha value is -3.29. The zero-order chi connectivity index (χ0) is 22.0. The maximum absolute atomic E-state index is 13.5. The van der Waals surface area contributed by atoms with Crippen LogP contribution in [0.4, 0.5) is 4.39 Å². The van der Waals surface area contributed by atoms with Crippen molar-refractivity contribution in [2.45, 2.75) is 13.2 Å². The van der Waals surface area contributed by atoms with Crippen LogP contribution in [0, 0.1) is 5.82 Å². The van der Waals surface area contributed by atoms with Gasteiger partial charge in [0.2, 0.25) is 0 Å². The lowest BCUT2D eigenvalue weighted by Crippen LogP contribution is -2.17. The lowest BCUT2D eigenvalue weighted by molar-refractivity contribution is 0.258. The first-order valence-corrected chi connectivity index (χ1v) is 9.90. The average molecular weight is 461 g/mol. The van der Waals surface area contributed by atoms with Gasteiger partial charge in [0.1, 0.15) is 18.2 Å². The van der Waals surface area contributed by atoms with Gasteiger partial charge in [-0.3, -0.25) is 0 Å². The number of nitrogens with zero attached hydrogens (tertiary/aromatic N) is 1. The van der Waals surface area contributed by atoms with Crippen molar-refractivity contribution in [3.63, 3.8) is 0 Å². The summed E-state index contributed by atoms with van der Waals surface area (Å²) in [6.45, 7) is 0.412. The van der Waals surface area contributed by atoms with Gasteiger partial charge in [0.05, 0.1) is 16.6 Å². The third-order valence-corrected chi connectivity index (χ3v) is 5.10. The predicted octanol–water partition coefficient (Wildman–Crippen LogP) is 4.87. The van der Waals surface area contributed by atoms with Crippen LogP contribution < -0.4 is 16.2 Å². The van der Waals surface area contributed by atoms with Crippen molar-refractivity contribution in [1.29, 1.82) is 0 Å². The van der Waals surface area contributed by atoms with Gasteiger partial charge in [-0.1, -0.05) is 53.5 Å². The number of hydrogen-bond donors (Lipinski definition) is 1. The minimum absolute atomic E-state index is 0.124. The number of H-pyrrole nitrogens is 1. The highest BCUT2D eigenvalue weighted by Crippen LogP contribution is 2.36. The van der Waals surface area contributed by atoms with Gasteiger partial charge in [0, 0.05) is 5.56 Å². The molecule has 158 valence electrons. The van der Waals surface area contributed by atoms with E-state index < -0.39 is 17.3 Å². The van der Waals surface area contributed by atoms with E-state index in [9.17, 15) is 14.0 Å². The Morgan fingerprint density at radius 3 is 2.32 bits per heavy atom. The van der Waals surface area contributed by atoms with Crippen LogP contribution in [0.15, 0.2) is 74.8 Å². The van der Waals surface area contributed by atoms with Gasteiger partial charge in [0.25, 0.3) is 0 Å². The molecule has 0 fully saturated rings. The van der Waals surface area contributed by atoms with E-state index in [4.69, 9.17) is 32.5 Å². The van der Waals surface area contributed by atoms with Crippen LogP contribution in [0.3, 0.4) is 0 Å². The summed E-state index contributed by atoms with van der Waals surface area (Å²) >= 11 is 12.4. The summed E-state index contributed by atoms with van der Waals surface area (Å²) in [7, 11) is 0. The van der Waals surface area contributed by atoms with Crippen LogP contribution in [0.25, 0.3) is 11.1 Å². The quantitative estimate of drug-likeness (QED) is 0.445. The average Bonchev–Trinajstić information content (AvgIpc) is 3.04. The Kier molecular flexibility index (Phi) is 5.97. The second-order valence-corrected chi connectivity index (χ2v) is 7.54. The second kappa shape index (κ2) is 8.83. The zero-order valence-electron chi connectivity index (χ0n) is 15.9. The molecule has 9 heteroatoms. The van der Waals surface area contributed by atoms with Crippen LogP contribution in [0.1, 0.15) is 11.1 Å². The molecule has 0 spiro atoms. The van der Waals surface area contributed by atoms with Crippen molar-refractivity contribution in [3.8, 4) is 16.9 Å². The molecular formula is C22H15Cl2FN2O4. The summed E-state index contributed by atoms with van der Waals surface area (Å²) in [6.07, 6.45) is 0. The molecule has 1 N–H and O–H groups in total. The number of hydrogen-bond acceptors (Lipinski definition) is 4. The van der Waals surface area contributed by atoms with Gasteiger partial charge in [0.15, 0.2) is 0 Å². The van der Waals surface area contributed by atoms with Gasteiger partial charge >= 0.3 is 11.4 Å². The Bertz CT molecular complexity index is 1320. The molecule has 0 aliphatic carbocycles. The van der Waals surface area contributed by atoms with E-state index in [0.717, 1.165) is 21.4 Å². The van der Waals surface area contributed by atoms with E-state index in [0.29, 0.717) is 11.3 Å². The van der Waals surface area contributed by atoms with E-state index in [-0.39, 0.29) is 23.2 Å². The number of aromatic nitrogens is 2. The standard InChI is InChI=1S/C22H15Cl2FN2O4/c23-18-9-16(25)10-19(24)20(18)15-3-1-2-14(8-15)12-30-17-6-4-13(5-7-17)11-27-21(28)26-22(29)31-27/h1-10H,11-12H2,(H,26,28,29). The molecule has 0 aliphatic heterocycles. The number of aromatic amines is 1. The Labute approximate surface area is 185 Å². The summed E-state index contributed by atoms with van der Waals surface area (Å²) in [5.74, 6) is -0.671. The van der Waals surface area contributed by atoms with E-state index in [1.807, 2.05) is 29.2 Å². The molecule has 3 aromatic carbocycles. The third-order valence-electron chi connectivity index (χ3n) is 4.51. The minimum atomic E-state index is -0.796. The Morgan fingerprint density at radius 1 is 0.968 bits per heavy atom. The lowest BCUT2D eigenvalue weighted by Gasteiger charge is -2.11. The van der Waals surface area contributed by atoms with Crippen LogP contribution >= 0.6 is 23.2 Å². The molecule has 31 heavy (non-hydrogen) atoms. The molecule has 0 bridgehead atoms. The molecule has 0 unspecified atom stereocenters. The highest BCUT2D eigenvalue weighted by molar-refractivity contribution is 6.39. The molecule has 1 heterocycles. The Morgan fingerprint density at radius 2 is 1.68 bits per heavy atom. The van der Waals surface area contributed by atoms with E-state index in [1.54, 1.807) is 24.3 Å². The molecule has 6 nitrogen and oxygen atoms in total. The smallest absolute Gasteiger partial charge is 0.440 e. The van der Waals surface area contributed by atoms with Crippen molar-refractivity contribution >= 4 is 23.2 Å². The maximum Gasteiger partial charge on any atom is 0.440 e. The summed E-state index contributed by atoms with van der Waals surface area (Å²) in [4.78, 5) is 24.6. The molecule has 4 rings (SSSR count). The van der Waals surface area contributed by atoms with Crippen molar-refractivity contribution < 1.29 is 13.7 Å². The highest BCUT2D eigenvalue weighted by Gasteiger charge is 2.11. The fourth-order valence-corrected chi connectivity index (χ4v) is 3.75. The number of rotatable bonds is 6. The highest BCUT2D eigenvalue weighted by atomic mass is 35.5. The van der Waals surface area contributed by atoms with Gasteiger partial charge in [-0.05, 0) is 47.0 Å². The number of ether oxygens (including phenoxy) is 1. The molecule has 0 atom stereocenters. The van der Waals surface area contributed by atoms with Crippen LogP contribution in [0.5, 0.6) is 5.75 Å². The fourth-order valence-electron chi connectivity index (χ4n) is 3.08. The molecule has 0 aliphatic rings. The molecule has 1 aromatic heterocycles. The van der Waals surface area contributed by atoms with Crippen molar-refractivity contribution in [1.82, 2.24) is 9.72 Å². The summed E-state index contributed by atoms with van der Waals surface area (Å²) in [5.41, 5.74) is 2.34. The fraction of sp³-hybridized carbons (Fsp3) is 0.0909. The van der Waals surface area contributed by atoms with Gasteiger partial charge in [-0.15, -0.1) is 4.74 Å². The zero-order valence-corrected chi connectivity index (χ0v) is 17.4. The topological polar surface area (TPSA) is 77.2 Å². The number of benzene rings is 3. The van der Waals surface area contributed by atoms with Gasteiger partial charge in [-0.25, -0.2) is 19.0 Å². The van der Waals surface area contributed by atoms with Gasteiger partial charge < -0.3 is 9.26 Å². The molecule has 0 saturated carbocycles. The van der Waals surface area contributed by atoms with Crippen molar-refractivity contribution in [2.24, 2.45) is 0 Å². The number of halogens is 3. The third kappa shape index (κ3) is 4.90. The first-order chi connectivity index (χ1) is 14.9.